The highest BCUT2D eigenvalue weighted by Crippen LogP contribution is 2.22. The molecule has 6 nitrogen and oxygen atoms in total. The summed E-state index contributed by atoms with van der Waals surface area (Å²) >= 11 is 0. The summed E-state index contributed by atoms with van der Waals surface area (Å²) in [5.74, 6) is 0.0892. The lowest BCUT2D eigenvalue weighted by Crippen LogP contribution is -2.50. The number of nitrogens with two attached hydrogens (primary N) is 1. The number of nitrogens with one attached hydrogen (secondary N) is 1. The van der Waals surface area contributed by atoms with Crippen LogP contribution in [-0.2, 0) is 4.79 Å². The van der Waals surface area contributed by atoms with Crippen molar-refractivity contribution in [3.63, 3.8) is 0 Å². The fourth-order valence-electron chi connectivity index (χ4n) is 3.67. The molecule has 2 aliphatic heterocycles. The Bertz CT molecular complexity index is 626. The standard InChI is InChI=1S/C19H28N4O2/c1-14-4-2-6-17(12-14)21-19(25)23-9-3-5-15(13-23)18(24)22-10-7-16(20)8-11-22/h2,4,6,12,15-16H,3,5,7-11,13,20H2,1H3,(H,21,25). The minimum Gasteiger partial charge on any atom is -0.342 e. The van der Waals surface area contributed by atoms with Crippen molar-refractivity contribution in [2.24, 2.45) is 11.7 Å². The quantitative estimate of drug-likeness (QED) is 0.863. The van der Waals surface area contributed by atoms with Crippen molar-refractivity contribution in [3.8, 4) is 0 Å². The van der Waals surface area contributed by atoms with E-state index in [0.717, 1.165) is 50.0 Å². The van der Waals surface area contributed by atoms with Crippen LogP contribution >= 0.6 is 0 Å². The van der Waals surface area contributed by atoms with E-state index in [1.54, 1.807) is 4.90 Å². The molecule has 0 bridgehead atoms. The smallest absolute Gasteiger partial charge is 0.321 e. The van der Waals surface area contributed by atoms with Gasteiger partial charge in [0.2, 0.25) is 5.91 Å². The van der Waals surface area contributed by atoms with Crippen LogP contribution in [0, 0.1) is 12.8 Å². The number of rotatable bonds is 2. The van der Waals surface area contributed by atoms with Crippen LogP contribution in [0.25, 0.3) is 0 Å². The largest absolute Gasteiger partial charge is 0.342 e. The van der Waals surface area contributed by atoms with Crippen molar-refractivity contribution in [1.29, 1.82) is 0 Å². The van der Waals surface area contributed by atoms with Gasteiger partial charge in [-0.15, -0.1) is 0 Å². The maximum absolute atomic E-state index is 12.8. The van der Waals surface area contributed by atoms with Crippen LogP contribution in [0.15, 0.2) is 24.3 Å². The average Bonchev–Trinajstić information content (AvgIpc) is 2.62. The molecule has 6 heteroatoms. The number of urea groups is 1. The second kappa shape index (κ2) is 7.87. The summed E-state index contributed by atoms with van der Waals surface area (Å²) in [5, 5.41) is 2.94. The van der Waals surface area contributed by atoms with E-state index >= 15 is 0 Å². The lowest BCUT2D eigenvalue weighted by molar-refractivity contribution is -0.137. The van der Waals surface area contributed by atoms with Gasteiger partial charge < -0.3 is 20.9 Å². The van der Waals surface area contributed by atoms with Gasteiger partial charge in [0.1, 0.15) is 0 Å². The molecule has 3 N–H and O–H groups in total. The SMILES string of the molecule is Cc1cccc(NC(=O)N2CCCC(C(=O)N3CCC(N)CC3)C2)c1. The number of anilines is 1. The number of carbonyl (C=O) groups excluding carboxylic acids is 2. The molecule has 0 aromatic heterocycles. The second-order valence-corrected chi connectivity index (χ2v) is 7.25. The number of aryl methyl sites for hydroxylation is 1. The highest BCUT2D eigenvalue weighted by Gasteiger charge is 2.32. The van der Waals surface area contributed by atoms with E-state index in [0.29, 0.717) is 13.1 Å². The first kappa shape index (κ1) is 17.7. The van der Waals surface area contributed by atoms with Crippen molar-refractivity contribution < 1.29 is 9.59 Å². The normalized spacial score (nSPS) is 21.9. The number of benzene rings is 1. The third kappa shape index (κ3) is 4.51. The van der Waals surface area contributed by atoms with Gasteiger partial charge in [-0.2, -0.15) is 0 Å². The molecule has 2 aliphatic rings. The van der Waals surface area contributed by atoms with Crippen LogP contribution in [0.1, 0.15) is 31.2 Å². The van der Waals surface area contributed by atoms with Crippen LogP contribution in [0.2, 0.25) is 0 Å². The first-order valence-electron chi connectivity index (χ1n) is 9.20. The Morgan fingerprint density at radius 3 is 2.60 bits per heavy atom. The zero-order chi connectivity index (χ0) is 17.8. The minimum absolute atomic E-state index is 0.0914. The molecule has 1 aromatic carbocycles. The van der Waals surface area contributed by atoms with E-state index in [9.17, 15) is 9.59 Å². The number of amides is 3. The molecule has 2 heterocycles. The zero-order valence-electron chi connectivity index (χ0n) is 14.9. The van der Waals surface area contributed by atoms with Gasteiger partial charge in [-0.25, -0.2) is 4.79 Å². The molecule has 25 heavy (non-hydrogen) atoms. The third-order valence-electron chi connectivity index (χ3n) is 5.18. The number of carbonyl (C=O) groups is 2. The Kier molecular flexibility index (Phi) is 5.58. The third-order valence-corrected chi connectivity index (χ3v) is 5.18. The van der Waals surface area contributed by atoms with E-state index in [1.165, 1.54) is 0 Å². The van der Waals surface area contributed by atoms with Crippen molar-refractivity contribution in [2.75, 3.05) is 31.5 Å². The van der Waals surface area contributed by atoms with E-state index in [2.05, 4.69) is 5.32 Å². The van der Waals surface area contributed by atoms with Crippen LogP contribution < -0.4 is 11.1 Å². The predicted molar refractivity (Wildman–Crippen MR) is 98.3 cm³/mol. The van der Waals surface area contributed by atoms with Crippen molar-refractivity contribution in [2.45, 2.75) is 38.6 Å². The molecule has 3 amide bonds. The number of hydrogen-bond donors (Lipinski definition) is 2. The average molecular weight is 344 g/mol. The molecule has 2 fully saturated rings. The molecule has 1 aromatic rings. The van der Waals surface area contributed by atoms with Gasteiger partial charge in [0.25, 0.3) is 0 Å². The van der Waals surface area contributed by atoms with Crippen LogP contribution in [0.4, 0.5) is 10.5 Å². The highest BCUT2D eigenvalue weighted by molar-refractivity contribution is 5.90. The van der Waals surface area contributed by atoms with Gasteiger partial charge in [0.05, 0.1) is 5.92 Å². The number of hydrogen-bond acceptors (Lipinski definition) is 3. The summed E-state index contributed by atoms with van der Waals surface area (Å²) in [6, 6.07) is 7.84. The molecule has 0 spiro atoms. The second-order valence-electron chi connectivity index (χ2n) is 7.25. The summed E-state index contributed by atoms with van der Waals surface area (Å²) in [4.78, 5) is 29.0. The Labute approximate surface area is 149 Å². The Morgan fingerprint density at radius 1 is 1.12 bits per heavy atom. The number of nitrogens with zero attached hydrogens (tertiary/aromatic N) is 2. The van der Waals surface area contributed by atoms with Gasteiger partial charge in [-0.3, -0.25) is 4.79 Å². The van der Waals surface area contributed by atoms with Gasteiger partial charge in [-0.1, -0.05) is 12.1 Å². The molecule has 1 unspecified atom stereocenters. The summed E-state index contributed by atoms with van der Waals surface area (Å²) in [6.45, 7) is 4.68. The molecule has 2 saturated heterocycles. The Morgan fingerprint density at radius 2 is 1.88 bits per heavy atom. The molecule has 1 atom stereocenters. The maximum atomic E-state index is 12.8. The molecular formula is C19H28N4O2. The zero-order valence-corrected chi connectivity index (χ0v) is 14.9. The van der Waals surface area contributed by atoms with Crippen molar-refractivity contribution >= 4 is 17.6 Å². The Balaban J connectivity index is 1.57. The lowest BCUT2D eigenvalue weighted by atomic mass is 9.95. The van der Waals surface area contributed by atoms with Gasteiger partial charge in [0, 0.05) is 37.9 Å². The van der Waals surface area contributed by atoms with E-state index in [-0.39, 0.29) is 23.9 Å². The fraction of sp³-hybridized carbons (Fsp3) is 0.579. The van der Waals surface area contributed by atoms with E-state index < -0.39 is 0 Å². The topological polar surface area (TPSA) is 78.7 Å². The first-order valence-corrected chi connectivity index (χ1v) is 9.20. The monoisotopic (exact) mass is 344 g/mol. The summed E-state index contributed by atoms with van der Waals surface area (Å²) < 4.78 is 0. The first-order chi connectivity index (χ1) is 12.0. The van der Waals surface area contributed by atoms with Crippen molar-refractivity contribution in [1.82, 2.24) is 9.80 Å². The molecule has 136 valence electrons. The van der Waals surface area contributed by atoms with Crippen LogP contribution in [-0.4, -0.2) is 54.0 Å². The molecule has 0 saturated carbocycles. The fourth-order valence-corrected chi connectivity index (χ4v) is 3.67. The van der Waals surface area contributed by atoms with Crippen LogP contribution in [0.5, 0.6) is 0 Å². The Hall–Kier alpha value is -2.08. The van der Waals surface area contributed by atoms with Crippen LogP contribution in [0.3, 0.4) is 0 Å². The van der Waals surface area contributed by atoms with Gasteiger partial charge >= 0.3 is 6.03 Å². The number of piperidine rings is 2. The van der Waals surface area contributed by atoms with Gasteiger partial charge in [0.15, 0.2) is 0 Å². The van der Waals surface area contributed by atoms with E-state index in [4.69, 9.17) is 5.73 Å². The summed E-state index contributed by atoms with van der Waals surface area (Å²) in [5.41, 5.74) is 7.82. The molecule has 0 aliphatic carbocycles. The summed E-state index contributed by atoms with van der Waals surface area (Å²) in [7, 11) is 0. The molecular weight excluding hydrogens is 316 g/mol. The molecule has 0 radical (unpaired) electrons. The van der Waals surface area contributed by atoms with Gasteiger partial charge in [-0.05, 0) is 50.3 Å². The summed E-state index contributed by atoms with van der Waals surface area (Å²) in [6.07, 6.45) is 3.46. The lowest BCUT2D eigenvalue weighted by Gasteiger charge is -2.37. The highest BCUT2D eigenvalue weighted by atomic mass is 16.2. The minimum atomic E-state index is -0.122. The predicted octanol–water partition coefficient (Wildman–Crippen LogP) is 2.19. The maximum Gasteiger partial charge on any atom is 0.321 e. The molecule has 3 rings (SSSR count). The van der Waals surface area contributed by atoms with E-state index in [1.807, 2.05) is 36.1 Å². The number of likely N-dealkylation sites (tertiary alicyclic amines) is 2. The van der Waals surface area contributed by atoms with Crippen molar-refractivity contribution in [3.05, 3.63) is 29.8 Å².